The Morgan fingerprint density at radius 3 is 2.63 bits per heavy atom. The molecule has 2 heterocycles. The van der Waals surface area contributed by atoms with E-state index in [-0.39, 0.29) is 11.6 Å². The Kier molecular flexibility index (Phi) is 3.46. The second-order valence-corrected chi connectivity index (χ2v) is 5.38. The average molecular weight is 263 g/mol. The van der Waals surface area contributed by atoms with Crippen molar-refractivity contribution in [2.75, 3.05) is 32.7 Å². The number of halogens is 1. The highest BCUT2D eigenvalue weighted by molar-refractivity contribution is 5.92. The van der Waals surface area contributed by atoms with Crippen LogP contribution in [0, 0.1) is 11.9 Å². The van der Waals surface area contributed by atoms with E-state index in [1.165, 1.54) is 31.5 Å². The van der Waals surface area contributed by atoms with Crippen LogP contribution in [0.25, 0.3) is 0 Å². The van der Waals surface area contributed by atoms with E-state index in [4.69, 9.17) is 0 Å². The molecule has 3 rings (SSSR count). The van der Waals surface area contributed by atoms with Gasteiger partial charge < -0.3 is 4.90 Å². The van der Waals surface area contributed by atoms with Crippen LogP contribution in [-0.4, -0.2) is 53.4 Å². The molecular weight excluding hydrogens is 245 g/mol. The largest absolute Gasteiger partial charge is 0.335 e. The number of pyridine rings is 1. The maximum atomic E-state index is 13.0. The maximum absolute atomic E-state index is 13.0. The molecule has 0 bridgehead atoms. The highest BCUT2D eigenvalue weighted by Gasteiger charge is 2.28. The second kappa shape index (κ2) is 5.25. The van der Waals surface area contributed by atoms with Gasteiger partial charge in [0.15, 0.2) is 0 Å². The van der Waals surface area contributed by atoms with Crippen LogP contribution in [0.5, 0.6) is 0 Å². The van der Waals surface area contributed by atoms with Gasteiger partial charge in [-0.25, -0.2) is 4.98 Å². The molecule has 0 unspecified atom stereocenters. The number of amides is 1. The van der Waals surface area contributed by atoms with Crippen LogP contribution in [0.1, 0.15) is 23.3 Å². The van der Waals surface area contributed by atoms with Crippen molar-refractivity contribution in [2.45, 2.75) is 12.8 Å². The van der Waals surface area contributed by atoms with Crippen molar-refractivity contribution in [2.24, 2.45) is 5.92 Å². The molecule has 1 saturated heterocycles. The van der Waals surface area contributed by atoms with Crippen LogP contribution >= 0.6 is 0 Å². The molecule has 2 aliphatic rings. The molecule has 1 aromatic heterocycles. The molecule has 102 valence electrons. The van der Waals surface area contributed by atoms with E-state index in [0.717, 1.165) is 19.0 Å². The van der Waals surface area contributed by atoms with Gasteiger partial charge in [0.25, 0.3) is 5.91 Å². The summed E-state index contributed by atoms with van der Waals surface area (Å²) in [5, 5.41) is 0. The third kappa shape index (κ3) is 3.10. The zero-order valence-corrected chi connectivity index (χ0v) is 10.9. The molecule has 0 aromatic carbocycles. The molecule has 1 aromatic rings. The van der Waals surface area contributed by atoms with Gasteiger partial charge >= 0.3 is 0 Å². The molecule has 1 saturated carbocycles. The third-order valence-corrected chi connectivity index (χ3v) is 3.81. The molecule has 4 nitrogen and oxygen atoms in total. The predicted octanol–water partition coefficient (Wildman–Crippen LogP) is 1.39. The van der Waals surface area contributed by atoms with E-state index in [9.17, 15) is 9.18 Å². The molecule has 0 atom stereocenters. The van der Waals surface area contributed by atoms with Gasteiger partial charge in [0.2, 0.25) is 5.95 Å². The van der Waals surface area contributed by atoms with Gasteiger partial charge in [0.1, 0.15) is 5.69 Å². The Balaban J connectivity index is 1.56. The third-order valence-electron chi connectivity index (χ3n) is 3.81. The van der Waals surface area contributed by atoms with Crippen molar-refractivity contribution in [3.05, 3.63) is 29.8 Å². The first-order chi connectivity index (χ1) is 9.22. The van der Waals surface area contributed by atoms with E-state index in [0.29, 0.717) is 13.1 Å². The van der Waals surface area contributed by atoms with Gasteiger partial charge in [-0.1, -0.05) is 6.07 Å². The van der Waals surface area contributed by atoms with Gasteiger partial charge in [-0.05, 0) is 30.9 Å². The Labute approximate surface area is 112 Å². The minimum atomic E-state index is -0.599. The zero-order chi connectivity index (χ0) is 13.2. The first kappa shape index (κ1) is 12.5. The summed E-state index contributed by atoms with van der Waals surface area (Å²) in [5.41, 5.74) is 0.204. The van der Waals surface area contributed by atoms with Crippen molar-refractivity contribution in [3.8, 4) is 0 Å². The van der Waals surface area contributed by atoms with Crippen LogP contribution in [-0.2, 0) is 0 Å². The number of hydrogen-bond acceptors (Lipinski definition) is 3. The van der Waals surface area contributed by atoms with Crippen LogP contribution < -0.4 is 0 Å². The normalized spacial score (nSPS) is 20.6. The Bertz CT molecular complexity index is 468. The predicted molar refractivity (Wildman–Crippen MR) is 69.3 cm³/mol. The Morgan fingerprint density at radius 2 is 2.00 bits per heavy atom. The van der Waals surface area contributed by atoms with Gasteiger partial charge in [-0.3, -0.25) is 9.69 Å². The summed E-state index contributed by atoms with van der Waals surface area (Å²) in [6, 6.07) is 4.35. The molecule has 0 N–H and O–H groups in total. The van der Waals surface area contributed by atoms with Gasteiger partial charge in [-0.2, -0.15) is 4.39 Å². The van der Waals surface area contributed by atoms with E-state index < -0.39 is 5.95 Å². The molecule has 2 fully saturated rings. The van der Waals surface area contributed by atoms with E-state index in [1.807, 2.05) is 0 Å². The minimum absolute atomic E-state index is 0.162. The summed E-state index contributed by atoms with van der Waals surface area (Å²) >= 11 is 0. The van der Waals surface area contributed by atoms with Gasteiger partial charge in [0, 0.05) is 32.7 Å². The lowest BCUT2D eigenvalue weighted by atomic mass is 10.2. The molecular formula is C14H18FN3O. The quantitative estimate of drug-likeness (QED) is 0.773. The topological polar surface area (TPSA) is 36.4 Å². The standard InChI is InChI=1S/C14H18FN3O/c15-13-3-1-2-12(16-13)14(19)18-8-6-17(7-9-18)10-11-4-5-11/h1-3,11H,4-10H2. The highest BCUT2D eigenvalue weighted by Crippen LogP contribution is 2.29. The van der Waals surface area contributed by atoms with Crippen LogP contribution in [0.3, 0.4) is 0 Å². The molecule has 5 heteroatoms. The number of piperazine rings is 1. The fourth-order valence-electron chi connectivity index (χ4n) is 2.49. The van der Waals surface area contributed by atoms with Crippen molar-refractivity contribution in [1.82, 2.24) is 14.8 Å². The molecule has 1 aliphatic heterocycles. The van der Waals surface area contributed by atoms with E-state index >= 15 is 0 Å². The fraction of sp³-hybridized carbons (Fsp3) is 0.571. The zero-order valence-electron chi connectivity index (χ0n) is 10.9. The molecule has 19 heavy (non-hydrogen) atoms. The number of carbonyl (C=O) groups is 1. The first-order valence-corrected chi connectivity index (χ1v) is 6.86. The number of nitrogens with zero attached hydrogens (tertiary/aromatic N) is 3. The lowest BCUT2D eigenvalue weighted by Crippen LogP contribution is -2.49. The average Bonchev–Trinajstić information content (AvgIpc) is 3.23. The summed E-state index contributed by atoms with van der Waals surface area (Å²) in [6.45, 7) is 4.42. The lowest BCUT2D eigenvalue weighted by Gasteiger charge is -2.34. The van der Waals surface area contributed by atoms with Crippen molar-refractivity contribution in [3.63, 3.8) is 0 Å². The smallest absolute Gasteiger partial charge is 0.272 e. The number of hydrogen-bond donors (Lipinski definition) is 0. The summed E-state index contributed by atoms with van der Waals surface area (Å²) in [7, 11) is 0. The van der Waals surface area contributed by atoms with Crippen LogP contribution in [0.2, 0.25) is 0 Å². The monoisotopic (exact) mass is 263 g/mol. The minimum Gasteiger partial charge on any atom is -0.335 e. The Morgan fingerprint density at radius 1 is 1.26 bits per heavy atom. The molecule has 1 aliphatic carbocycles. The van der Waals surface area contributed by atoms with Crippen molar-refractivity contribution in [1.29, 1.82) is 0 Å². The highest BCUT2D eigenvalue weighted by atomic mass is 19.1. The first-order valence-electron chi connectivity index (χ1n) is 6.86. The van der Waals surface area contributed by atoms with Gasteiger partial charge in [-0.15, -0.1) is 0 Å². The fourth-order valence-corrected chi connectivity index (χ4v) is 2.49. The lowest BCUT2D eigenvalue weighted by molar-refractivity contribution is 0.0625. The molecule has 0 radical (unpaired) electrons. The summed E-state index contributed by atoms with van der Waals surface area (Å²) in [6.07, 6.45) is 2.71. The molecule has 0 spiro atoms. The number of carbonyl (C=O) groups excluding carboxylic acids is 1. The van der Waals surface area contributed by atoms with Crippen molar-refractivity contribution >= 4 is 5.91 Å². The van der Waals surface area contributed by atoms with E-state index in [1.54, 1.807) is 11.0 Å². The number of aromatic nitrogens is 1. The maximum Gasteiger partial charge on any atom is 0.272 e. The van der Waals surface area contributed by atoms with E-state index in [2.05, 4.69) is 9.88 Å². The Hall–Kier alpha value is -1.49. The summed E-state index contributed by atoms with van der Waals surface area (Å²) < 4.78 is 13.0. The van der Waals surface area contributed by atoms with Crippen LogP contribution in [0.15, 0.2) is 18.2 Å². The van der Waals surface area contributed by atoms with Crippen molar-refractivity contribution < 1.29 is 9.18 Å². The van der Waals surface area contributed by atoms with Crippen LogP contribution in [0.4, 0.5) is 4.39 Å². The number of rotatable bonds is 3. The second-order valence-electron chi connectivity index (χ2n) is 5.38. The summed E-state index contributed by atoms with van der Waals surface area (Å²) in [4.78, 5) is 20.0. The molecule has 1 amide bonds. The summed E-state index contributed by atoms with van der Waals surface area (Å²) in [5.74, 6) is 0.121. The SMILES string of the molecule is O=C(c1cccc(F)n1)N1CCN(CC2CC2)CC1. The van der Waals surface area contributed by atoms with Gasteiger partial charge in [0.05, 0.1) is 0 Å².